The monoisotopic (exact) mass is 376 g/mol. The van der Waals surface area contributed by atoms with Crippen molar-refractivity contribution in [3.05, 3.63) is 35.8 Å². The average Bonchev–Trinajstić information content (AvgIpc) is 3.40. The van der Waals surface area contributed by atoms with Gasteiger partial charge in [-0.25, -0.2) is 4.99 Å². The Morgan fingerprint density at radius 3 is 2.93 bits per heavy atom. The number of furan rings is 1. The van der Waals surface area contributed by atoms with E-state index in [1.165, 1.54) is 0 Å². The highest BCUT2D eigenvalue weighted by Crippen LogP contribution is 2.19. The second-order valence-electron chi connectivity index (χ2n) is 7.01. The van der Waals surface area contributed by atoms with Crippen LogP contribution in [0.1, 0.15) is 37.2 Å². The molecule has 2 unspecified atom stereocenters. The molecule has 148 valence electrons. The molecule has 2 atom stereocenters. The van der Waals surface area contributed by atoms with E-state index in [-0.39, 0.29) is 12.6 Å². The molecule has 2 aromatic rings. The third-order valence-electron chi connectivity index (χ3n) is 4.73. The molecule has 3 heterocycles. The first-order valence-corrected chi connectivity index (χ1v) is 9.21. The van der Waals surface area contributed by atoms with Crippen LogP contribution in [0.4, 0.5) is 0 Å². The van der Waals surface area contributed by atoms with Gasteiger partial charge in [0.1, 0.15) is 23.7 Å². The molecule has 1 aliphatic heterocycles. The van der Waals surface area contributed by atoms with Crippen molar-refractivity contribution in [2.75, 3.05) is 19.7 Å². The van der Waals surface area contributed by atoms with E-state index in [2.05, 4.69) is 25.8 Å². The van der Waals surface area contributed by atoms with E-state index < -0.39 is 5.60 Å². The van der Waals surface area contributed by atoms with E-state index in [0.717, 1.165) is 31.1 Å². The van der Waals surface area contributed by atoms with E-state index in [9.17, 15) is 5.11 Å². The zero-order chi connectivity index (χ0) is 19.3. The first-order valence-electron chi connectivity index (χ1n) is 9.21. The first kappa shape index (κ1) is 19.4. The molecule has 3 N–H and O–H groups in total. The Bertz CT molecular complexity index is 747. The highest BCUT2D eigenvalue weighted by molar-refractivity contribution is 5.79. The lowest BCUT2D eigenvalue weighted by Gasteiger charge is -2.23. The Morgan fingerprint density at radius 1 is 1.44 bits per heavy atom. The van der Waals surface area contributed by atoms with E-state index >= 15 is 0 Å². The van der Waals surface area contributed by atoms with Crippen molar-refractivity contribution in [2.24, 2.45) is 12.0 Å². The zero-order valence-corrected chi connectivity index (χ0v) is 16.1. The lowest BCUT2D eigenvalue weighted by Crippen LogP contribution is -2.46. The summed E-state index contributed by atoms with van der Waals surface area (Å²) in [7, 11) is 1.91. The molecule has 9 heteroatoms. The number of ether oxygens (including phenoxy) is 1. The van der Waals surface area contributed by atoms with E-state index in [4.69, 9.17) is 9.15 Å². The van der Waals surface area contributed by atoms with Crippen LogP contribution in [0.5, 0.6) is 0 Å². The Morgan fingerprint density at radius 2 is 2.30 bits per heavy atom. The van der Waals surface area contributed by atoms with Crippen molar-refractivity contribution in [1.82, 2.24) is 25.4 Å². The summed E-state index contributed by atoms with van der Waals surface area (Å²) in [6.07, 6.45) is 3.84. The standard InChI is InChI=1S/C18H28N6O3/c1-13-22-23-16(24(13)3)11-20-17(19-10-14-6-4-8-26-14)21-12-18(2,25)15-7-5-9-27-15/h5,7,9,14,25H,4,6,8,10-12H2,1-3H3,(H2,19,20,21). The van der Waals surface area contributed by atoms with Gasteiger partial charge in [-0.05, 0) is 38.8 Å². The SMILES string of the molecule is Cc1nnc(CN=C(NCC2CCCO2)NCC(C)(O)c2ccco2)n1C. The number of nitrogens with zero attached hydrogens (tertiary/aromatic N) is 4. The molecule has 2 aromatic heterocycles. The van der Waals surface area contributed by atoms with Gasteiger partial charge >= 0.3 is 0 Å². The summed E-state index contributed by atoms with van der Waals surface area (Å²) in [5.41, 5.74) is -1.16. The summed E-state index contributed by atoms with van der Waals surface area (Å²) in [4.78, 5) is 4.59. The molecule has 0 spiro atoms. The summed E-state index contributed by atoms with van der Waals surface area (Å²) in [5.74, 6) is 2.68. The van der Waals surface area contributed by atoms with Crippen LogP contribution in [0.15, 0.2) is 27.8 Å². The predicted octanol–water partition coefficient (Wildman–Crippen LogP) is 0.838. The fourth-order valence-corrected chi connectivity index (χ4v) is 2.86. The van der Waals surface area contributed by atoms with E-state index in [1.807, 2.05) is 18.5 Å². The van der Waals surface area contributed by atoms with Crippen LogP contribution in [0.3, 0.4) is 0 Å². The molecule has 1 aliphatic rings. The molecule has 3 rings (SSSR count). The minimum atomic E-state index is -1.16. The molecule has 0 aliphatic carbocycles. The van der Waals surface area contributed by atoms with Crippen LogP contribution in [-0.2, 0) is 23.9 Å². The van der Waals surface area contributed by atoms with Crippen LogP contribution in [0.25, 0.3) is 0 Å². The van der Waals surface area contributed by atoms with Crippen LogP contribution in [0, 0.1) is 6.92 Å². The zero-order valence-electron chi connectivity index (χ0n) is 16.1. The van der Waals surface area contributed by atoms with Crippen LogP contribution in [-0.4, -0.2) is 51.6 Å². The molecule has 1 fully saturated rings. The second-order valence-corrected chi connectivity index (χ2v) is 7.01. The van der Waals surface area contributed by atoms with Crippen molar-refractivity contribution < 1.29 is 14.3 Å². The van der Waals surface area contributed by atoms with Gasteiger partial charge in [0, 0.05) is 20.2 Å². The highest BCUT2D eigenvalue weighted by atomic mass is 16.5. The van der Waals surface area contributed by atoms with Gasteiger partial charge in [-0.3, -0.25) is 0 Å². The molecule has 0 bridgehead atoms. The highest BCUT2D eigenvalue weighted by Gasteiger charge is 2.26. The molecule has 0 saturated carbocycles. The summed E-state index contributed by atoms with van der Waals surface area (Å²) in [6, 6.07) is 3.51. The van der Waals surface area contributed by atoms with Crippen LogP contribution in [0.2, 0.25) is 0 Å². The third-order valence-corrected chi connectivity index (χ3v) is 4.73. The molecular formula is C18H28N6O3. The fraction of sp³-hybridized carbons (Fsp3) is 0.611. The molecule has 0 amide bonds. The minimum absolute atomic E-state index is 0.180. The van der Waals surface area contributed by atoms with Gasteiger partial charge in [-0.2, -0.15) is 0 Å². The molecule has 9 nitrogen and oxygen atoms in total. The second kappa shape index (κ2) is 8.53. The number of hydrogen-bond donors (Lipinski definition) is 3. The van der Waals surface area contributed by atoms with Crippen LogP contribution >= 0.6 is 0 Å². The topological polar surface area (TPSA) is 110 Å². The summed E-state index contributed by atoms with van der Waals surface area (Å²) >= 11 is 0. The molecule has 0 radical (unpaired) electrons. The Hall–Kier alpha value is -2.39. The number of nitrogens with one attached hydrogen (secondary N) is 2. The Balaban J connectivity index is 1.64. The number of aliphatic hydroxyl groups is 1. The quantitative estimate of drug-likeness (QED) is 0.485. The van der Waals surface area contributed by atoms with Gasteiger partial charge in [0.25, 0.3) is 0 Å². The van der Waals surface area contributed by atoms with Gasteiger partial charge in [-0.1, -0.05) is 0 Å². The summed E-state index contributed by atoms with van der Waals surface area (Å²) in [6.45, 7) is 5.68. The van der Waals surface area contributed by atoms with E-state index in [1.54, 1.807) is 25.3 Å². The number of hydrogen-bond acceptors (Lipinski definition) is 6. The minimum Gasteiger partial charge on any atom is -0.466 e. The maximum absolute atomic E-state index is 10.6. The summed E-state index contributed by atoms with van der Waals surface area (Å²) < 4.78 is 12.9. The van der Waals surface area contributed by atoms with Gasteiger partial charge < -0.3 is 29.5 Å². The number of rotatable bonds is 7. The molecular weight excluding hydrogens is 348 g/mol. The molecule has 27 heavy (non-hydrogen) atoms. The predicted molar refractivity (Wildman–Crippen MR) is 100 cm³/mol. The number of aryl methyl sites for hydroxylation is 1. The maximum atomic E-state index is 10.6. The van der Waals surface area contributed by atoms with Crippen molar-refractivity contribution in [1.29, 1.82) is 0 Å². The number of aromatic nitrogens is 3. The fourth-order valence-electron chi connectivity index (χ4n) is 2.86. The molecule has 1 saturated heterocycles. The van der Waals surface area contributed by atoms with Crippen LogP contribution < -0.4 is 10.6 Å². The maximum Gasteiger partial charge on any atom is 0.191 e. The van der Waals surface area contributed by atoms with Gasteiger partial charge in [-0.15, -0.1) is 10.2 Å². The van der Waals surface area contributed by atoms with Crippen molar-refractivity contribution in [3.8, 4) is 0 Å². The lowest BCUT2D eigenvalue weighted by atomic mass is 10.0. The Kier molecular flexibility index (Phi) is 6.12. The lowest BCUT2D eigenvalue weighted by molar-refractivity contribution is 0.0385. The third kappa shape index (κ3) is 5.08. The van der Waals surface area contributed by atoms with Gasteiger partial charge in [0.05, 0.1) is 18.9 Å². The smallest absolute Gasteiger partial charge is 0.191 e. The van der Waals surface area contributed by atoms with Gasteiger partial charge in [0.2, 0.25) is 0 Å². The van der Waals surface area contributed by atoms with E-state index in [0.29, 0.717) is 24.8 Å². The number of aliphatic imine (C=N–C) groups is 1. The average molecular weight is 376 g/mol. The Labute approximate surface area is 158 Å². The van der Waals surface area contributed by atoms with Crippen molar-refractivity contribution >= 4 is 5.96 Å². The number of guanidine groups is 1. The van der Waals surface area contributed by atoms with Crippen molar-refractivity contribution in [3.63, 3.8) is 0 Å². The van der Waals surface area contributed by atoms with Crippen molar-refractivity contribution in [2.45, 2.75) is 44.9 Å². The first-order chi connectivity index (χ1) is 13.0. The summed E-state index contributed by atoms with van der Waals surface area (Å²) in [5, 5.41) is 25.3. The van der Waals surface area contributed by atoms with Gasteiger partial charge in [0.15, 0.2) is 11.8 Å². The molecule has 0 aromatic carbocycles. The normalized spacial score (nSPS) is 19.9. The largest absolute Gasteiger partial charge is 0.466 e.